The Morgan fingerprint density at radius 1 is 0.867 bits per heavy atom. The van der Waals surface area contributed by atoms with Crippen LogP contribution in [0.4, 0.5) is 0 Å². The van der Waals surface area contributed by atoms with Gasteiger partial charge < -0.3 is 0 Å². The van der Waals surface area contributed by atoms with Crippen molar-refractivity contribution in [3.05, 3.63) is 53.3 Å². The van der Waals surface area contributed by atoms with Crippen molar-refractivity contribution in [1.82, 2.24) is 4.98 Å². The Morgan fingerprint density at radius 2 is 1.53 bits per heavy atom. The molecule has 76 valence electrons. The maximum atomic E-state index is 4.38. The minimum atomic E-state index is 1.10. The third-order valence-corrected chi connectivity index (χ3v) is 2.72. The van der Waals surface area contributed by atoms with Crippen molar-refractivity contribution in [1.29, 1.82) is 0 Å². The first-order valence-corrected chi connectivity index (χ1v) is 5.17. The highest BCUT2D eigenvalue weighted by Crippen LogP contribution is 2.20. The second-order valence-corrected chi connectivity index (χ2v) is 3.99. The molecule has 0 fully saturated rings. The van der Waals surface area contributed by atoms with Crippen LogP contribution in [0.5, 0.6) is 0 Å². The molecule has 1 aromatic heterocycles. The fourth-order valence-corrected chi connectivity index (χ4v) is 1.55. The molecule has 0 spiro atoms. The number of rotatable bonds is 1. The van der Waals surface area contributed by atoms with E-state index >= 15 is 0 Å². The van der Waals surface area contributed by atoms with Crippen LogP contribution in [0, 0.1) is 20.8 Å². The largest absolute Gasteiger partial charge is 0.261 e. The van der Waals surface area contributed by atoms with Gasteiger partial charge in [0, 0.05) is 17.5 Å². The van der Waals surface area contributed by atoms with Gasteiger partial charge in [0.05, 0.1) is 0 Å². The summed E-state index contributed by atoms with van der Waals surface area (Å²) >= 11 is 0. The lowest BCUT2D eigenvalue weighted by Gasteiger charge is -2.04. The summed E-state index contributed by atoms with van der Waals surface area (Å²) in [7, 11) is 0. The molecule has 2 rings (SSSR count). The SMILES string of the molecule is Cc1ccc(-c2cnc(C)c(C)c2)cc1. The van der Waals surface area contributed by atoms with Gasteiger partial charge in [-0.05, 0) is 38.0 Å². The fourth-order valence-electron chi connectivity index (χ4n) is 1.55. The summed E-state index contributed by atoms with van der Waals surface area (Å²) in [6.45, 7) is 6.23. The van der Waals surface area contributed by atoms with E-state index in [0.717, 1.165) is 5.69 Å². The molecule has 0 saturated carbocycles. The van der Waals surface area contributed by atoms with Crippen LogP contribution >= 0.6 is 0 Å². The molecule has 0 aliphatic heterocycles. The van der Waals surface area contributed by atoms with Crippen molar-refractivity contribution < 1.29 is 0 Å². The van der Waals surface area contributed by atoms with Crippen molar-refractivity contribution in [2.24, 2.45) is 0 Å². The second-order valence-electron chi connectivity index (χ2n) is 3.99. The number of nitrogens with zero attached hydrogens (tertiary/aromatic N) is 1. The topological polar surface area (TPSA) is 12.9 Å². The molecule has 1 aromatic carbocycles. The molecule has 0 bridgehead atoms. The summed E-state index contributed by atoms with van der Waals surface area (Å²) in [5.41, 5.74) is 6.06. The van der Waals surface area contributed by atoms with Crippen LogP contribution in [0.2, 0.25) is 0 Å². The first-order valence-electron chi connectivity index (χ1n) is 5.17. The zero-order chi connectivity index (χ0) is 10.8. The average molecular weight is 197 g/mol. The van der Waals surface area contributed by atoms with Crippen LogP contribution in [0.15, 0.2) is 36.5 Å². The van der Waals surface area contributed by atoms with Gasteiger partial charge in [-0.25, -0.2) is 0 Å². The number of aromatic nitrogens is 1. The summed E-state index contributed by atoms with van der Waals surface area (Å²) in [5.74, 6) is 0. The normalized spacial score (nSPS) is 10.3. The van der Waals surface area contributed by atoms with Crippen molar-refractivity contribution in [2.75, 3.05) is 0 Å². The molecule has 1 heteroatoms. The molecule has 2 aromatic rings. The molecular formula is C14H15N. The number of hydrogen-bond donors (Lipinski definition) is 0. The molecule has 1 nitrogen and oxygen atoms in total. The molecule has 0 aliphatic rings. The first-order chi connectivity index (χ1) is 7.16. The lowest BCUT2D eigenvalue weighted by molar-refractivity contribution is 1.15. The first kappa shape index (κ1) is 9.91. The van der Waals surface area contributed by atoms with Crippen LogP contribution in [-0.2, 0) is 0 Å². The summed E-state index contributed by atoms with van der Waals surface area (Å²) < 4.78 is 0. The maximum absolute atomic E-state index is 4.38. The van der Waals surface area contributed by atoms with Crippen molar-refractivity contribution >= 4 is 0 Å². The van der Waals surface area contributed by atoms with E-state index in [9.17, 15) is 0 Å². The number of aryl methyl sites for hydroxylation is 3. The molecule has 1 heterocycles. The maximum Gasteiger partial charge on any atom is 0.0402 e. The Labute approximate surface area is 90.8 Å². The Kier molecular flexibility index (Phi) is 2.55. The van der Waals surface area contributed by atoms with Crippen molar-refractivity contribution in [3.8, 4) is 11.1 Å². The van der Waals surface area contributed by atoms with Gasteiger partial charge >= 0.3 is 0 Å². The Balaban J connectivity index is 2.45. The zero-order valence-corrected chi connectivity index (χ0v) is 9.41. The molecule has 0 unspecified atom stereocenters. The van der Waals surface area contributed by atoms with Crippen LogP contribution in [0.1, 0.15) is 16.8 Å². The second kappa shape index (κ2) is 3.85. The highest BCUT2D eigenvalue weighted by Gasteiger charge is 2.00. The Hall–Kier alpha value is -1.63. The molecule has 0 radical (unpaired) electrons. The quantitative estimate of drug-likeness (QED) is 0.679. The van der Waals surface area contributed by atoms with Gasteiger partial charge in [-0.1, -0.05) is 29.8 Å². The molecule has 15 heavy (non-hydrogen) atoms. The Morgan fingerprint density at radius 3 is 2.13 bits per heavy atom. The Bertz CT molecular complexity index is 469. The number of pyridine rings is 1. The van der Waals surface area contributed by atoms with E-state index in [1.54, 1.807) is 0 Å². The van der Waals surface area contributed by atoms with Crippen LogP contribution in [-0.4, -0.2) is 4.98 Å². The van der Waals surface area contributed by atoms with E-state index < -0.39 is 0 Å². The smallest absolute Gasteiger partial charge is 0.0402 e. The monoisotopic (exact) mass is 197 g/mol. The standard InChI is InChI=1S/C14H15N/c1-10-4-6-13(7-5-10)14-8-11(2)12(3)15-9-14/h4-9H,1-3H3. The van der Waals surface area contributed by atoms with Gasteiger partial charge in [0.2, 0.25) is 0 Å². The summed E-state index contributed by atoms with van der Waals surface area (Å²) in [5, 5.41) is 0. The average Bonchev–Trinajstić information content (AvgIpc) is 2.23. The third-order valence-electron chi connectivity index (χ3n) is 2.72. The number of hydrogen-bond acceptors (Lipinski definition) is 1. The minimum absolute atomic E-state index is 1.10. The summed E-state index contributed by atoms with van der Waals surface area (Å²) in [4.78, 5) is 4.38. The predicted octanol–water partition coefficient (Wildman–Crippen LogP) is 3.67. The van der Waals surface area contributed by atoms with Crippen molar-refractivity contribution in [2.45, 2.75) is 20.8 Å². The molecule has 0 aliphatic carbocycles. The predicted molar refractivity (Wildman–Crippen MR) is 63.9 cm³/mol. The molecule has 0 saturated heterocycles. The van der Waals surface area contributed by atoms with Gasteiger partial charge in [0.1, 0.15) is 0 Å². The molecule has 0 N–H and O–H groups in total. The summed E-state index contributed by atoms with van der Waals surface area (Å²) in [6, 6.07) is 10.7. The minimum Gasteiger partial charge on any atom is -0.261 e. The summed E-state index contributed by atoms with van der Waals surface area (Å²) in [6.07, 6.45) is 1.94. The van der Waals surface area contributed by atoms with Gasteiger partial charge in [0.15, 0.2) is 0 Å². The van der Waals surface area contributed by atoms with Gasteiger partial charge in [0.25, 0.3) is 0 Å². The van der Waals surface area contributed by atoms with E-state index in [-0.39, 0.29) is 0 Å². The number of benzene rings is 1. The van der Waals surface area contributed by atoms with Crippen LogP contribution in [0.25, 0.3) is 11.1 Å². The van der Waals surface area contributed by atoms with E-state index in [1.807, 2.05) is 13.1 Å². The molecule has 0 atom stereocenters. The molecular weight excluding hydrogens is 182 g/mol. The van der Waals surface area contributed by atoms with Crippen molar-refractivity contribution in [3.63, 3.8) is 0 Å². The lowest BCUT2D eigenvalue weighted by Crippen LogP contribution is -1.88. The lowest BCUT2D eigenvalue weighted by atomic mass is 10.0. The van der Waals surface area contributed by atoms with Gasteiger partial charge in [-0.2, -0.15) is 0 Å². The van der Waals surface area contributed by atoms with E-state index in [2.05, 4.69) is 49.2 Å². The third kappa shape index (κ3) is 2.07. The zero-order valence-electron chi connectivity index (χ0n) is 9.41. The van der Waals surface area contributed by atoms with Crippen LogP contribution < -0.4 is 0 Å². The highest BCUT2D eigenvalue weighted by atomic mass is 14.7. The van der Waals surface area contributed by atoms with E-state index in [0.29, 0.717) is 0 Å². The van der Waals surface area contributed by atoms with E-state index in [4.69, 9.17) is 0 Å². The van der Waals surface area contributed by atoms with Crippen LogP contribution in [0.3, 0.4) is 0 Å². The van der Waals surface area contributed by atoms with E-state index in [1.165, 1.54) is 22.3 Å². The van der Waals surface area contributed by atoms with Gasteiger partial charge in [-0.15, -0.1) is 0 Å². The van der Waals surface area contributed by atoms with Gasteiger partial charge in [-0.3, -0.25) is 4.98 Å². The fraction of sp³-hybridized carbons (Fsp3) is 0.214. The highest BCUT2D eigenvalue weighted by molar-refractivity contribution is 5.63. The molecule has 0 amide bonds.